The van der Waals surface area contributed by atoms with Crippen molar-refractivity contribution in [3.8, 4) is 0 Å². The summed E-state index contributed by atoms with van der Waals surface area (Å²) in [7, 11) is -2.93. The van der Waals surface area contributed by atoms with E-state index in [-0.39, 0.29) is 5.56 Å². The van der Waals surface area contributed by atoms with Gasteiger partial charge in [-0.15, -0.1) is 0 Å². The van der Waals surface area contributed by atoms with E-state index in [1.165, 1.54) is 18.2 Å². The summed E-state index contributed by atoms with van der Waals surface area (Å²) in [5.41, 5.74) is 0.193. The molecule has 1 N–H and O–H groups in total. The first-order valence-corrected chi connectivity index (χ1v) is 7.40. The maximum absolute atomic E-state index is 13.0. The number of carbonyl (C=O) groups excluding carboxylic acids is 1. The van der Waals surface area contributed by atoms with Crippen molar-refractivity contribution in [2.24, 2.45) is 0 Å². The molecule has 1 amide bonds. The molecule has 2 fully saturated rings. The number of nitrogens with one attached hydrogen (secondary N) is 1. The quantitative estimate of drug-likeness (QED) is 0.661. The van der Waals surface area contributed by atoms with Crippen molar-refractivity contribution in [1.29, 1.82) is 0 Å². The van der Waals surface area contributed by atoms with Crippen LogP contribution in [0, 0.1) is 5.82 Å². The van der Waals surface area contributed by atoms with Gasteiger partial charge in [-0.05, 0) is 18.2 Å². The number of carbonyl (C=O) groups is 1. The number of hydrogen-bond donors (Lipinski definition) is 1. The lowest BCUT2D eigenvalue weighted by Crippen LogP contribution is -2.27. The molecule has 1 aromatic rings. The molecule has 0 aliphatic carbocycles. The molecule has 2 heterocycles. The third-order valence-electron chi connectivity index (χ3n) is 2.95. The van der Waals surface area contributed by atoms with Crippen LogP contribution in [-0.4, -0.2) is 41.4 Å². The summed E-state index contributed by atoms with van der Waals surface area (Å²) in [6, 6.07) is 5.38. The van der Waals surface area contributed by atoms with Crippen molar-refractivity contribution in [3.63, 3.8) is 0 Å². The summed E-state index contributed by atoms with van der Waals surface area (Å²) in [6.07, 6.45) is 0. The third kappa shape index (κ3) is 2.19. The number of nitrogens with zero attached hydrogens (tertiary/aromatic N) is 2. The fourth-order valence-corrected chi connectivity index (χ4v) is 4.08. The Bertz CT molecular complexity index is 527. The zero-order valence-electron chi connectivity index (χ0n) is 9.67. The van der Waals surface area contributed by atoms with E-state index in [0.29, 0.717) is 0 Å². The van der Waals surface area contributed by atoms with Gasteiger partial charge in [0.2, 0.25) is 0 Å². The lowest BCUT2D eigenvalue weighted by Gasteiger charge is -2.20. The first-order valence-electron chi connectivity index (χ1n) is 5.79. The second kappa shape index (κ2) is 4.16. The first kappa shape index (κ1) is 11.8. The molecule has 1 aromatic carbocycles. The van der Waals surface area contributed by atoms with Crippen LogP contribution >= 0.6 is 7.59 Å². The molecule has 2 saturated heterocycles. The summed E-state index contributed by atoms with van der Waals surface area (Å²) < 4.78 is 29.2. The van der Waals surface area contributed by atoms with Crippen LogP contribution < -0.4 is 5.09 Å². The third-order valence-corrected chi connectivity index (χ3v) is 5.78. The molecule has 2 aliphatic heterocycles. The molecule has 0 aromatic heterocycles. The molecule has 0 unspecified atom stereocenters. The molecule has 18 heavy (non-hydrogen) atoms. The average molecular weight is 269 g/mol. The van der Waals surface area contributed by atoms with Gasteiger partial charge >= 0.3 is 7.59 Å². The molecule has 96 valence electrons. The van der Waals surface area contributed by atoms with E-state index < -0.39 is 19.3 Å². The molecular formula is C11H13FN3O2P. The number of halogens is 1. The van der Waals surface area contributed by atoms with E-state index in [1.807, 2.05) is 0 Å². The fourth-order valence-electron chi connectivity index (χ4n) is 1.78. The summed E-state index contributed by atoms with van der Waals surface area (Å²) in [5.74, 6) is -0.965. The zero-order valence-corrected chi connectivity index (χ0v) is 10.6. The van der Waals surface area contributed by atoms with Gasteiger partial charge in [0.25, 0.3) is 5.91 Å². The van der Waals surface area contributed by atoms with E-state index in [0.717, 1.165) is 32.2 Å². The fraction of sp³-hybridized carbons (Fsp3) is 0.364. The zero-order chi connectivity index (χ0) is 12.8. The van der Waals surface area contributed by atoms with Crippen molar-refractivity contribution < 1.29 is 13.8 Å². The van der Waals surface area contributed by atoms with Crippen LogP contribution in [0.25, 0.3) is 0 Å². The van der Waals surface area contributed by atoms with E-state index in [2.05, 4.69) is 5.09 Å². The van der Waals surface area contributed by atoms with Crippen LogP contribution in [0.1, 0.15) is 10.4 Å². The van der Waals surface area contributed by atoms with Crippen LogP contribution in [0.15, 0.2) is 24.3 Å². The Morgan fingerprint density at radius 3 is 2.33 bits per heavy atom. The highest BCUT2D eigenvalue weighted by atomic mass is 31.2. The van der Waals surface area contributed by atoms with Gasteiger partial charge in [0, 0.05) is 31.7 Å². The van der Waals surface area contributed by atoms with Crippen LogP contribution in [0.5, 0.6) is 0 Å². The summed E-state index contributed by atoms with van der Waals surface area (Å²) in [6.45, 7) is 2.93. The Balaban J connectivity index is 1.79. The highest BCUT2D eigenvalue weighted by molar-refractivity contribution is 7.58. The van der Waals surface area contributed by atoms with Crippen LogP contribution in [0.4, 0.5) is 4.39 Å². The van der Waals surface area contributed by atoms with Crippen molar-refractivity contribution in [1.82, 2.24) is 14.4 Å². The molecule has 0 atom stereocenters. The predicted octanol–water partition coefficient (Wildman–Crippen LogP) is 1.29. The molecule has 0 saturated carbocycles. The Labute approximate surface area is 104 Å². The maximum Gasteiger partial charge on any atom is 0.311 e. The maximum atomic E-state index is 13.0. The Morgan fingerprint density at radius 1 is 1.22 bits per heavy atom. The lowest BCUT2D eigenvalue weighted by atomic mass is 10.2. The van der Waals surface area contributed by atoms with Gasteiger partial charge in [0.05, 0.1) is 0 Å². The van der Waals surface area contributed by atoms with Gasteiger partial charge < -0.3 is 0 Å². The van der Waals surface area contributed by atoms with Gasteiger partial charge in [-0.1, -0.05) is 6.07 Å². The average Bonchev–Trinajstić information content (AvgIpc) is 3.19. The van der Waals surface area contributed by atoms with Crippen molar-refractivity contribution in [3.05, 3.63) is 35.6 Å². The van der Waals surface area contributed by atoms with Crippen molar-refractivity contribution in [2.45, 2.75) is 0 Å². The number of rotatable bonds is 4. The van der Waals surface area contributed by atoms with Crippen LogP contribution in [-0.2, 0) is 4.57 Å². The van der Waals surface area contributed by atoms with Crippen molar-refractivity contribution in [2.75, 3.05) is 26.2 Å². The summed E-state index contributed by atoms with van der Waals surface area (Å²) in [5, 5.41) is 2.56. The summed E-state index contributed by atoms with van der Waals surface area (Å²) in [4.78, 5) is 12.0. The summed E-state index contributed by atoms with van der Waals surface area (Å²) >= 11 is 0. The molecule has 7 heteroatoms. The smallest absolute Gasteiger partial charge is 0.279 e. The van der Waals surface area contributed by atoms with Gasteiger partial charge in [0.15, 0.2) is 0 Å². The SMILES string of the molecule is O=C(NP(=O)(N1CC1)N1CC1)c1cccc(F)c1. The van der Waals surface area contributed by atoms with Crippen LogP contribution in [0.2, 0.25) is 0 Å². The molecule has 0 spiro atoms. The minimum Gasteiger partial charge on any atom is -0.279 e. The second-order valence-corrected chi connectivity index (χ2v) is 6.85. The highest BCUT2D eigenvalue weighted by Crippen LogP contribution is 2.56. The number of amides is 1. The second-order valence-electron chi connectivity index (χ2n) is 4.40. The first-order chi connectivity index (χ1) is 8.59. The largest absolute Gasteiger partial charge is 0.311 e. The minimum atomic E-state index is -2.93. The molecule has 0 radical (unpaired) electrons. The van der Waals surface area contributed by atoms with Gasteiger partial charge in [0.1, 0.15) is 5.82 Å². The normalized spacial score (nSPS) is 19.6. The van der Waals surface area contributed by atoms with E-state index >= 15 is 0 Å². The molecule has 3 rings (SSSR count). The van der Waals surface area contributed by atoms with E-state index in [1.54, 1.807) is 9.34 Å². The van der Waals surface area contributed by atoms with E-state index in [4.69, 9.17) is 0 Å². The van der Waals surface area contributed by atoms with E-state index in [9.17, 15) is 13.8 Å². The topological polar surface area (TPSA) is 52.2 Å². The van der Waals surface area contributed by atoms with Gasteiger partial charge in [-0.25, -0.2) is 13.7 Å². The van der Waals surface area contributed by atoms with Gasteiger partial charge in [-0.3, -0.25) is 14.4 Å². The standard InChI is InChI=1S/C11H13FN3O2P/c12-10-3-1-2-9(8-10)11(16)13-18(17,14-4-5-14)15-6-7-15/h1-3,8H,4-7H2,(H,13,16,17). The Morgan fingerprint density at radius 2 is 1.83 bits per heavy atom. The monoisotopic (exact) mass is 269 g/mol. The number of benzene rings is 1. The molecule has 0 bridgehead atoms. The molecule has 2 aliphatic rings. The molecular weight excluding hydrogens is 256 g/mol. The van der Waals surface area contributed by atoms with Crippen LogP contribution in [0.3, 0.4) is 0 Å². The van der Waals surface area contributed by atoms with Crippen molar-refractivity contribution >= 4 is 13.5 Å². The van der Waals surface area contributed by atoms with Gasteiger partial charge in [-0.2, -0.15) is 0 Å². The number of hydrogen-bond acceptors (Lipinski definition) is 2. The predicted molar refractivity (Wildman–Crippen MR) is 64.6 cm³/mol. The highest BCUT2D eigenvalue weighted by Gasteiger charge is 2.49. The minimum absolute atomic E-state index is 0.193. The molecule has 5 nitrogen and oxygen atoms in total. The Kier molecular flexibility index (Phi) is 2.73. The Hall–Kier alpha value is -1.23. The lowest BCUT2D eigenvalue weighted by molar-refractivity contribution is 0.0977.